The van der Waals surface area contributed by atoms with E-state index in [2.05, 4.69) is 10.6 Å². The average Bonchev–Trinajstić information content (AvgIpc) is 2.72. The molecule has 1 aromatic carbocycles. The Morgan fingerprint density at radius 3 is 2.60 bits per heavy atom. The summed E-state index contributed by atoms with van der Waals surface area (Å²) in [5, 5.41) is 4.86. The van der Waals surface area contributed by atoms with Crippen LogP contribution in [-0.2, 0) is 4.79 Å². The van der Waals surface area contributed by atoms with Gasteiger partial charge in [-0.25, -0.2) is 0 Å². The molecular formula is C14H17N3O3. The monoisotopic (exact) mass is 275 g/mol. The molecule has 6 heteroatoms. The Balaban J connectivity index is 2.16. The summed E-state index contributed by atoms with van der Waals surface area (Å²) in [5.41, 5.74) is 6.88. The lowest BCUT2D eigenvalue weighted by atomic mass is 9.99. The first-order valence-electron chi connectivity index (χ1n) is 6.50. The number of carbonyl (C=O) groups is 3. The van der Waals surface area contributed by atoms with Gasteiger partial charge in [0.2, 0.25) is 5.91 Å². The number of anilines is 1. The van der Waals surface area contributed by atoms with E-state index in [0.717, 1.165) is 6.42 Å². The molecule has 20 heavy (non-hydrogen) atoms. The Bertz CT molecular complexity index is 583. The lowest BCUT2D eigenvalue weighted by Crippen LogP contribution is -2.40. The lowest BCUT2D eigenvalue weighted by Gasteiger charge is -2.17. The molecule has 1 unspecified atom stereocenters. The maximum absolute atomic E-state index is 12.0. The van der Waals surface area contributed by atoms with Crippen molar-refractivity contribution in [2.45, 2.75) is 26.3 Å². The molecule has 1 aliphatic heterocycles. The third-order valence-corrected chi connectivity index (χ3v) is 3.56. The first-order valence-corrected chi connectivity index (χ1v) is 6.50. The molecule has 4 N–H and O–H groups in total. The van der Waals surface area contributed by atoms with Crippen molar-refractivity contribution in [3.8, 4) is 0 Å². The molecule has 0 radical (unpaired) electrons. The zero-order valence-electron chi connectivity index (χ0n) is 11.4. The molecule has 0 aliphatic carbocycles. The zero-order valence-corrected chi connectivity index (χ0v) is 11.4. The smallest absolute Gasteiger partial charge is 0.259 e. The highest BCUT2D eigenvalue weighted by Gasteiger charge is 2.27. The van der Waals surface area contributed by atoms with Gasteiger partial charge in [-0.05, 0) is 24.1 Å². The molecule has 0 saturated carbocycles. The van der Waals surface area contributed by atoms with Gasteiger partial charge in [0.25, 0.3) is 11.8 Å². The van der Waals surface area contributed by atoms with E-state index < -0.39 is 17.9 Å². The van der Waals surface area contributed by atoms with Crippen LogP contribution in [0.4, 0.5) is 5.69 Å². The number of nitrogens with two attached hydrogens (primary N) is 1. The van der Waals surface area contributed by atoms with Crippen LogP contribution >= 0.6 is 0 Å². The van der Waals surface area contributed by atoms with Crippen LogP contribution in [0.5, 0.6) is 0 Å². The molecular weight excluding hydrogens is 258 g/mol. The van der Waals surface area contributed by atoms with Gasteiger partial charge in [-0.1, -0.05) is 20.3 Å². The third kappa shape index (κ3) is 2.55. The second kappa shape index (κ2) is 5.42. The van der Waals surface area contributed by atoms with Crippen LogP contribution in [0.25, 0.3) is 0 Å². The van der Waals surface area contributed by atoms with Crippen molar-refractivity contribution in [2.24, 2.45) is 11.7 Å². The second-order valence-electron chi connectivity index (χ2n) is 4.94. The van der Waals surface area contributed by atoms with Crippen LogP contribution in [0.1, 0.15) is 41.0 Å². The molecule has 2 atom stereocenters. The summed E-state index contributed by atoms with van der Waals surface area (Å²) in [6, 6.07) is 3.97. The first kappa shape index (κ1) is 14.2. The van der Waals surface area contributed by atoms with Crippen molar-refractivity contribution in [3.05, 3.63) is 29.3 Å². The predicted molar refractivity (Wildman–Crippen MR) is 74.3 cm³/mol. The fraction of sp³-hybridized carbons (Fsp3) is 0.357. The van der Waals surface area contributed by atoms with Crippen molar-refractivity contribution in [2.75, 3.05) is 5.32 Å². The quantitative estimate of drug-likeness (QED) is 0.710. The summed E-state index contributed by atoms with van der Waals surface area (Å²) < 4.78 is 0. The summed E-state index contributed by atoms with van der Waals surface area (Å²) in [4.78, 5) is 34.9. The molecule has 3 amide bonds. The SMILES string of the molecule is CCC(C)[C@H](N)C(=O)Nc1ccc2c(c1)C(=O)NC2=O. The maximum atomic E-state index is 12.0. The summed E-state index contributed by atoms with van der Waals surface area (Å²) in [6.07, 6.45) is 0.801. The Labute approximate surface area is 116 Å². The Hall–Kier alpha value is -2.21. The maximum Gasteiger partial charge on any atom is 0.259 e. The molecule has 0 bridgehead atoms. The molecule has 0 fully saturated rings. The van der Waals surface area contributed by atoms with Crippen molar-refractivity contribution in [1.82, 2.24) is 5.32 Å². The minimum absolute atomic E-state index is 0.0642. The van der Waals surface area contributed by atoms with Gasteiger partial charge in [-0.3, -0.25) is 19.7 Å². The summed E-state index contributed by atoms with van der Waals surface area (Å²) >= 11 is 0. The highest BCUT2D eigenvalue weighted by Crippen LogP contribution is 2.20. The van der Waals surface area contributed by atoms with Gasteiger partial charge in [0, 0.05) is 5.69 Å². The fourth-order valence-electron chi connectivity index (χ4n) is 1.98. The van der Waals surface area contributed by atoms with Crippen molar-refractivity contribution < 1.29 is 14.4 Å². The van der Waals surface area contributed by atoms with Crippen molar-refractivity contribution in [1.29, 1.82) is 0 Å². The topological polar surface area (TPSA) is 101 Å². The number of hydrogen-bond donors (Lipinski definition) is 3. The summed E-state index contributed by atoms with van der Waals surface area (Å²) in [6.45, 7) is 3.86. The molecule has 2 rings (SSSR count). The van der Waals surface area contributed by atoms with Crippen LogP contribution in [-0.4, -0.2) is 23.8 Å². The number of carbonyl (C=O) groups excluding carboxylic acids is 3. The van der Waals surface area contributed by atoms with Gasteiger partial charge < -0.3 is 11.1 Å². The highest BCUT2D eigenvalue weighted by molar-refractivity contribution is 6.22. The summed E-state index contributed by atoms with van der Waals surface area (Å²) in [7, 11) is 0. The van der Waals surface area contributed by atoms with Gasteiger partial charge in [-0.15, -0.1) is 0 Å². The number of imide groups is 1. The highest BCUT2D eigenvalue weighted by atomic mass is 16.2. The molecule has 1 heterocycles. The second-order valence-corrected chi connectivity index (χ2v) is 4.94. The van der Waals surface area contributed by atoms with Gasteiger partial charge in [-0.2, -0.15) is 0 Å². The van der Waals surface area contributed by atoms with E-state index in [0.29, 0.717) is 11.3 Å². The average molecular weight is 275 g/mol. The Morgan fingerprint density at radius 1 is 1.30 bits per heavy atom. The predicted octanol–water partition coefficient (Wildman–Crippen LogP) is 0.882. The number of benzene rings is 1. The molecule has 1 aliphatic rings. The molecule has 0 saturated heterocycles. The zero-order chi connectivity index (χ0) is 14.9. The van der Waals surface area contributed by atoms with E-state index >= 15 is 0 Å². The van der Waals surface area contributed by atoms with Gasteiger partial charge in [0.1, 0.15) is 0 Å². The van der Waals surface area contributed by atoms with E-state index in [4.69, 9.17) is 5.73 Å². The van der Waals surface area contributed by atoms with Crippen LogP contribution in [0.3, 0.4) is 0 Å². The number of nitrogens with one attached hydrogen (secondary N) is 2. The van der Waals surface area contributed by atoms with E-state index in [1.165, 1.54) is 12.1 Å². The standard InChI is InChI=1S/C14H17N3O3/c1-3-7(2)11(15)14(20)16-8-4-5-9-10(6-8)13(19)17-12(9)18/h4-7,11H,3,15H2,1-2H3,(H,16,20)(H,17,18,19)/t7?,11-/m0/s1. The normalized spacial score (nSPS) is 16.4. The molecule has 106 valence electrons. The minimum atomic E-state index is -0.608. The third-order valence-electron chi connectivity index (χ3n) is 3.56. The van der Waals surface area contributed by atoms with Crippen LogP contribution < -0.4 is 16.4 Å². The van der Waals surface area contributed by atoms with E-state index in [1.807, 2.05) is 13.8 Å². The minimum Gasteiger partial charge on any atom is -0.325 e. The Kier molecular flexibility index (Phi) is 3.85. The largest absolute Gasteiger partial charge is 0.325 e. The van der Waals surface area contributed by atoms with Crippen LogP contribution in [0, 0.1) is 5.92 Å². The summed E-state index contributed by atoms with van der Waals surface area (Å²) in [5.74, 6) is -1.11. The van der Waals surface area contributed by atoms with Gasteiger partial charge >= 0.3 is 0 Å². The number of fused-ring (bicyclic) bond motifs is 1. The number of rotatable bonds is 4. The molecule has 0 aromatic heterocycles. The molecule has 6 nitrogen and oxygen atoms in total. The Morgan fingerprint density at radius 2 is 1.95 bits per heavy atom. The van der Waals surface area contributed by atoms with Crippen LogP contribution in [0.15, 0.2) is 18.2 Å². The fourth-order valence-corrected chi connectivity index (χ4v) is 1.98. The molecule has 1 aromatic rings. The molecule has 0 spiro atoms. The number of hydrogen-bond acceptors (Lipinski definition) is 4. The van der Waals surface area contributed by atoms with E-state index in [-0.39, 0.29) is 17.4 Å². The van der Waals surface area contributed by atoms with E-state index in [9.17, 15) is 14.4 Å². The van der Waals surface area contributed by atoms with Crippen molar-refractivity contribution in [3.63, 3.8) is 0 Å². The van der Waals surface area contributed by atoms with E-state index in [1.54, 1.807) is 6.07 Å². The number of amides is 3. The van der Waals surface area contributed by atoms with Crippen LogP contribution in [0.2, 0.25) is 0 Å². The lowest BCUT2D eigenvalue weighted by molar-refractivity contribution is -0.118. The van der Waals surface area contributed by atoms with Crippen molar-refractivity contribution >= 4 is 23.4 Å². The van der Waals surface area contributed by atoms with Gasteiger partial charge in [0.05, 0.1) is 17.2 Å². The van der Waals surface area contributed by atoms with Gasteiger partial charge in [0.15, 0.2) is 0 Å². The first-order chi connectivity index (χ1) is 9.43.